The summed E-state index contributed by atoms with van der Waals surface area (Å²) in [5, 5.41) is 16.7. The van der Waals surface area contributed by atoms with Gasteiger partial charge in [-0.3, -0.25) is 0 Å². The Morgan fingerprint density at radius 3 is 2.75 bits per heavy atom. The fourth-order valence-electron chi connectivity index (χ4n) is 1.90. The van der Waals surface area contributed by atoms with E-state index in [0.29, 0.717) is 15.6 Å². The zero-order valence-corrected chi connectivity index (χ0v) is 13.0. The van der Waals surface area contributed by atoms with Gasteiger partial charge < -0.3 is 9.67 Å². The van der Waals surface area contributed by atoms with Gasteiger partial charge in [-0.1, -0.05) is 0 Å². The highest BCUT2D eigenvalue weighted by molar-refractivity contribution is 7.89. The van der Waals surface area contributed by atoms with Gasteiger partial charge in [0.2, 0.25) is 10.0 Å². The SMILES string of the molecule is Cc1sc(CO)cc1S(=O)(=O)NC(C)c1nncn1C. The van der Waals surface area contributed by atoms with Crippen molar-refractivity contribution in [3.8, 4) is 0 Å². The lowest BCUT2D eigenvalue weighted by Crippen LogP contribution is -2.28. The van der Waals surface area contributed by atoms with Crippen LogP contribution in [0.4, 0.5) is 0 Å². The van der Waals surface area contributed by atoms with Crippen molar-refractivity contribution in [2.24, 2.45) is 7.05 Å². The number of hydrogen-bond acceptors (Lipinski definition) is 6. The Kier molecular flexibility index (Phi) is 4.23. The summed E-state index contributed by atoms with van der Waals surface area (Å²) in [5.41, 5.74) is 0. The molecule has 0 saturated carbocycles. The van der Waals surface area contributed by atoms with Gasteiger partial charge in [-0.25, -0.2) is 13.1 Å². The van der Waals surface area contributed by atoms with E-state index in [4.69, 9.17) is 5.11 Å². The summed E-state index contributed by atoms with van der Waals surface area (Å²) in [6.07, 6.45) is 1.51. The number of rotatable bonds is 5. The molecule has 1 unspecified atom stereocenters. The number of aliphatic hydroxyl groups excluding tert-OH is 1. The van der Waals surface area contributed by atoms with Crippen LogP contribution in [0.25, 0.3) is 0 Å². The van der Waals surface area contributed by atoms with Gasteiger partial charge >= 0.3 is 0 Å². The summed E-state index contributed by atoms with van der Waals surface area (Å²) >= 11 is 1.27. The van der Waals surface area contributed by atoms with Crippen LogP contribution in [-0.4, -0.2) is 28.3 Å². The molecule has 9 heteroatoms. The molecule has 7 nitrogen and oxygen atoms in total. The standard InChI is InChI=1S/C11H16N4O3S2/c1-7(11-13-12-6-15(11)3)14-20(17,18)10-4-9(5-16)19-8(10)2/h4,6-7,14,16H,5H2,1-3H3. The molecule has 1 atom stereocenters. The zero-order chi connectivity index (χ0) is 14.9. The maximum absolute atomic E-state index is 12.4. The monoisotopic (exact) mass is 316 g/mol. The van der Waals surface area contributed by atoms with Crippen LogP contribution in [0.15, 0.2) is 17.3 Å². The second-order valence-corrected chi connectivity index (χ2v) is 7.46. The number of aromatic nitrogens is 3. The Hall–Kier alpha value is -1.29. The van der Waals surface area contributed by atoms with E-state index in [-0.39, 0.29) is 11.5 Å². The average molecular weight is 316 g/mol. The van der Waals surface area contributed by atoms with Crippen molar-refractivity contribution in [1.29, 1.82) is 0 Å². The normalized spacial score (nSPS) is 13.6. The van der Waals surface area contributed by atoms with Crippen LogP contribution in [0.1, 0.15) is 28.5 Å². The van der Waals surface area contributed by atoms with Crippen LogP contribution in [0.3, 0.4) is 0 Å². The molecule has 20 heavy (non-hydrogen) atoms. The third-order valence-electron chi connectivity index (χ3n) is 2.83. The van der Waals surface area contributed by atoms with Crippen molar-refractivity contribution >= 4 is 21.4 Å². The van der Waals surface area contributed by atoms with E-state index in [1.54, 1.807) is 25.5 Å². The molecule has 2 rings (SSSR count). The molecular formula is C11H16N4O3S2. The molecule has 2 heterocycles. The molecule has 2 aromatic rings. The summed E-state index contributed by atoms with van der Waals surface area (Å²) in [6.45, 7) is 3.25. The molecule has 0 radical (unpaired) electrons. The van der Waals surface area contributed by atoms with Gasteiger partial charge in [-0.15, -0.1) is 21.5 Å². The van der Waals surface area contributed by atoms with Gasteiger partial charge in [0, 0.05) is 16.8 Å². The van der Waals surface area contributed by atoms with Gasteiger partial charge in [0.05, 0.1) is 17.5 Å². The van der Waals surface area contributed by atoms with E-state index in [0.717, 1.165) is 0 Å². The fraction of sp³-hybridized carbons (Fsp3) is 0.455. The number of aryl methyl sites for hydroxylation is 2. The maximum Gasteiger partial charge on any atom is 0.242 e. The molecule has 2 aromatic heterocycles. The largest absolute Gasteiger partial charge is 0.391 e. The summed E-state index contributed by atoms with van der Waals surface area (Å²) in [7, 11) is -1.90. The second kappa shape index (κ2) is 5.60. The first-order valence-corrected chi connectivity index (χ1v) is 8.21. The molecule has 0 saturated heterocycles. The minimum absolute atomic E-state index is 0.167. The fourth-order valence-corrected chi connectivity index (χ4v) is 4.60. The number of nitrogens with zero attached hydrogens (tertiary/aromatic N) is 3. The van der Waals surface area contributed by atoms with Crippen molar-refractivity contribution in [2.75, 3.05) is 0 Å². The molecule has 0 amide bonds. The minimum Gasteiger partial charge on any atom is -0.391 e. The van der Waals surface area contributed by atoms with E-state index in [1.807, 2.05) is 0 Å². The van der Waals surface area contributed by atoms with Crippen LogP contribution >= 0.6 is 11.3 Å². The molecule has 0 aromatic carbocycles. The number of hydrogen-bond donors (Lipinski definition) is 2. The quantitative estimate of drug-likeness (QED) is 0.847. The van der Waals surface area contributed by atoms with Crippen molar-refractivity contribution in [3.05, 3.63) is 28.0 Å². The van der Waals surface area contributed by atoms with Crippen molar-refractivity contribution in [1.82, 2.24) is 19.5 Å². The first-order valence-electron chi connectivity index (χ1n) is 5.91. The second-order valence-electron chi connectivity index (χ2n) is 4.43. The van der Waals surface area contributed by atoms with Gasteiger partial charge in [-0.2, -0.15) is 0 Å². The first kappa shape index (κ1) is 15.1. The predicted molar refractivity (Wildman–Crippen MR) is 74.7 cm³/mol. The summed E-state index contributed by atoms with van der Waals surface area (Å²) in [4.78, 5) is 1.46. The number of thiophene rings is 1. The number of sulfonamides is 1. The third-order valence-corrected chi connectivity index (χ3v) is 5.67. The highest BCUT2D eigenvalue weighted by Crippen LogP contribution is 2.26. The zero-order valence-electron chi connectivity index (χ0n) is 11.4. The lowest BCUT2D eigenvalue weighted by atomic mass is 10.3. The lowest BCUT2D eigenvalue weighted by Gasteiger charge is -2.13. The summed E-state index contributed by atoms with van der Waals surface area (Å²) < 4.78 is 28.9. The van der Waals surface area contributed by atoms with Crippen LogP contribution in [0.5, 0.6) is 0 Å². The van der Waals surface area contributed by atoms with Crippen molar-refractivity contribution in [3.63, 3.8) is 0 Å². The molecule has 0 aliphatic rings. The Morgan fingerprint density at radius 1 is 1.55 bits per heavy atom. The highest BCUT2D eigenvalue weighted by atomic mass is 32.2. The Labute approximate surface area is 121 Å². The van der Waals surface area contributed by atoms with E-state index < -0.39 is 16.1 Å². The van der Waals surface area contributed by atoms with Crippen LogP contribution in [-0.2, 0) is 23.7 Å². The maximum atomic E-state index is 12.4. The van der Waals surface area contributed by atoms with E-state index in [9.17, 15) is 8.42 Å². The average Bonchev–Trinajstić information content (AvgIpc) is 2.94. The Bertz CT molecular complexity index is 705. The summed E-state index contributed by atoms with van der Waals surface area (Å²) in [5.74, 6) is 0.531. The molecule has 0 spiro atoms. The highest BCUT2D eigenvalue weighted by Gasteiger charge is 2.24. The van der Waals surface area contributed by atoms with Gasteiger partial charge in [-0.05, 0) is 19.9 Å². The topological polar surface area (TPSA) is 97.1 Å². The minimum atomic E-state index is -3.65. The van der Waals surface area contributed by atoms with E-state index in [2.05, 4.69) is 14.9 Å². The van der Waals surface area contributed by atoms with E-state index >= 15 is 0 Å². The van der Waals surface area contributed by atoms with Crippen molar-refractivity contribution in [2.45, 2.75) is 31.4 Å². The molecule has 2 N–H and O–H groups in total. The third kappa shape index (κ3) is 2.90. The Morgan fingerprint density at radius 2 is 2.25 bits per heavy atom. The molecule has 0 bridgehead atoms. The molecule has 0 aliphatic carbocycles. The molecule has 0 aliphatic heterocycles. The van der Waals surface area contributed by atoms with Gasteiger partial charge in [0.1, 0.15) is 12.2 Å². The van der Waals surface area contributed by atoms with Gasteiger partial charge in [0.25, 0.3) is 0 Å². The molecular weight excluding hydrogens is 300 g/mol. The smallest absolute Gasteiger partial charge is 0.242 e. The van der Waals surface area contributed by atoms with E-state index in [1.165, 1.54) is 23.7 Å². The van der Waals surface area contributed by atoms with Crippen LogP contribution in [0, 0.1) is 6.92 Å². The summed E-state index contributed by atoms with van der Waals surface area (Å²) in [6, 6.07) is 0.996. The van der Waals surface area contributed by atoms with Crippen LogP contribution in [0.2, 0.25) is 0 Å². The Balaban J connectivity index is 2.27. The van der Waals surface area contributed by atoms with Crippen molar-refractivity contribution < 1.29 is 13.5 Å². The van der Waals surface area contributed by atoms with Crippen LogP contribution < -0.4 is 4.72 Å². The lowest BCUT2D eigenvalue weighted by molar-refractivity contribution is 0.285. The molecule has 110 valence electrons. The number of aliphatic hydroxyl groups is 1. The number of nitrogens with one attached hydrogen (secondary N) is 1. The predicted octanol–water partition coefficient (Wildman–Crippen LogP) is 0.717. The first-order chi connectivity index (χ1) is 9.35. The van der Waals surface area contributed by atoms with Gasteiger partial charge in [0.15, 0.2) is 0 Å². The molecule has 0 fully saturated rings.